The predicted molar refractivity (Wildman–Crippen MR) is 130 cm³/mol. The standard InChI is InChI=1S/C26H35Cl2N2.BrH/c1-2-3-4-5-6-7-8-9-10-13-18-29-21-30(26(28)25(29)27)20-22-16-17-23-14-11-12-15-24(23)19-22;/h11-12,14-17,19,21H,2-10,13,18,20H2,1H3;1H/q+1;/p-1. The summed E-state index contributed by atoms with van der Waals surface area (Å²) in [6, 6.07) is 15.0. The van der Waals surface area contributed by atoms with Gasteiger partial charge in [-0.05, 0) is 58.4 Å². The largest absolute Gasteiger partial charge is 1.00 e. The van der Waals surface area contributed by atoms with E-state index in [-0.39, 0.29) is 17.0 Å². The molecule has 1 aromatic heterocycles. The molecule has 0 unspecified atom stereocenters. The van der Waals surface area contributed by atoms with Crippen molar-refractivity contribution in [3.63, 3.8) is 0 Å². The van der Waals surface area contributed by atoms with Crippen LogP contribution in [0.5, 0.6) is 0 Å². The van der Waals surface area contributed by atoms with Crippen molar-refractivity contribution >= 4 is 34.0 Å². The van der Waals surface area contributed by atoms with Gasteiger partial charge in [-0.15, -0.1) is 0 Å². The number of benzene rings is 2. The number of hydrogen-bond donors (Lipinski definition) is 0. The molecule has 2 nitrogen and oxygen atoms in total. The Balaban J connectivity index is 0.00000341. The molecule has 1 heterocycles. The first kappa shape index (κ1) is 26.2. The summed E-state index contributed by atoms with van der Waals surface area (Å²) in [6.07, 6.45) is 15.4. The molecule has 3 rings (SSSR count). The number of unbranched alkanes of at least 4 members (excludes halogenated alkanes) is 9. The summed E-state index contributed by atoms with van der Waals surface area (Å²) in [6.45, 7) is 3.93. The van der Waals surface area contributed by atoms with Crippen molar-refractivity contribution in [3.8, 4) is 0 Å². The van der Waals surface area contributed by atoms with Crippen LogP contribution in [0.4, 0.5) is 0 Å². The van der Waals surface area contributed by atoms with Gasteiger partial charge in [-0.3, -0.25) is 0 Å². The van der Waals surface area contributed by atoms with E-state index in [4.69, 9.17) is 23.2 Å². The number of fused-ring (bicyclic) bond motifs is 1. The zero-order valence-corrected chi connectivity index (χ0v) is 21.7. The average Bonchev–Trinajstić information content (AvgIpc) is 3.03. The molecule has 5 heteroatoms. The highest BCUT2D eigenvalue weighted by molar-refractivity contribution is 6.39. The summed E-state index contributed by atoms with van der Waals surface area (Å²) in [4.78, 5) is 0. The highest BCUT2D eigenvalue weighted by Crippen LogP contribution is 2.21. The number of rotatable bonds is 13. The molecule has 0 bridgehead atoms. The van der Waals surface area contributed by atoms with E-state index in [0.717, 1.165) is 19.5 Å². The summed E-state index contributed by atoms with van der Waals surface area (Å²) in [7, 11) is 0. The summed E-state index contributed by atoms with van der Waals surface area (Å²) < 4.78 is 4.14. The molecular formula is C26H35BrCl2N2. The molecule has 0 saturated heterocycles. The van der Waals surface area contributed by atoms with E-state index < -0.39 is 0 Å². The van der Waals surface area contributed by atoms with E-state index in [1.165, 1.54) is 74.1 Å². The number of imidazole rings is 1. The fourth-order valence-corrected chi connectivity index (χ4v) is 4.52. The van der Waals surface area contributed by atoms with Crippen LogP contribution in [0.25, 0.3) is 10.8 Å². The Morgan fingerprint density at radius 3 is 2.06 bits per heavy atom. The first-order chi connectivity index (χ1) is 14.7. The van der Waals surface area contributed by atoms with Crippen LogP contribution in [-0.2, 0) is 13.1 Å². The van der Waals surface area contributed by atoms with Gasteiger partial charge in [0.1, 0.15) is 6.54 Å². The lowest BCUT2D eigenvalue weighted by Gasteiger charge is -2.02. The molecule has 0 aliphatic rings. The van der Waals surface area contributed by atoms with Gasteiger partial charge in [0.15, 0.2) is 0 Å². The Labute approximate surface area is 208 Å². The predicted octanol–water partition coefficient (Wildman–Crippen LogP) is 5.21. The molecular weight excluding hydrogens is 491 g/mol. The van der Waals surface area contributed by atoms with Crippen LogP contribution in [0, 0.1) is 0 Å². The molecule has 2 aromatic carbocycles. The number of halogens is 3. The SMILES string of the molecule is CCCCCCCCCCCCn1c[n+](Cc2ccc3ccccc3c2)c(Cl)c1Cl.[Br-]. The summed E-state index contributed by atoms with van der Waals surface area (Å²) in [5.41, 5.74) is 1.23. The van der Waals surface area contributed by atoms with Gasteiger partial charge in [0.05, 0.1) is 6.54 Å². The lowest BCUT2D eigenvalue weighted by atomic mass is 10.1. The quantitative estimate of drug-likeness (QED) is 0.214. The van der Waals surface area contributed by atoms with Gasteiger partial charge in [-0.1, -0.05) is 94.7 Å². The molecule has 0 atom stereocenters. The number of aromatic nitrogens is 2. The van der Waals surface area contributed by atoms with Gasteiger partial charge in [-0.25, -0.2) is 9.13 Å². The summed E-state index contributed by atoms with van der Waals surface area (Å²) in [5, 5.41) is 3.78. The number of hydrogen-bond acceptors (Lipinski definition) is 0. The van der Waals surface area contributed by atoms with Crippen LogP contribution < -0.4 is 21.5 Å². The van der Waals surface area contributed by atoms with Crippen LogP contribution in [0.2, 0.25) is 10.3 Å². The Hall–Kier alpha value is -1.03. The van der Waals surface area contributed by atoms with Crippen molar-refractivity contribution in [3.05, 3.63) is 64.7 Å². The molecule has 3 aromatic rings. The van der Waals surface area contributed by atoms with Crippen LogP contribution in [0.1, 0.15) is 76.7 Å². The fraction of sp³-hybridized carbons (Fsp3) is 0.500. The lowest BCUT2D eigenvalue weighted by molar-refractivity contribution is -0.685. The zero-order chi connectivity index (χ0) is 21.2. The minimum Gasteiger partial charge on any atom is -1.00 e. The third kappa shape index (κ3) is 8.11. The van der Waals surface area contributed by atoms with Gasteiger partial charge in [0.25, 0.3) is 10.3 Å². The summed E-state index contributed by atoms with van der Waals surface area (Å²) in [5.74, 6) is 0. The zero-order valence-electron chi connectivity index (χ0n) is 18.6. The third-order valence-electron chi connectivity index (χ3n) is 5.87. The maximum Gasteiger partial charge on any atom is 0.255 e. The minimum absolute atomic E-state index is 0. The minimum atomic E-state index is 0. The maximum absolute atomic E-state index is 6.53. The molecule has 0 radical (unpaired) electrons. The highest BCUT2D eigenvalue weighted by atomic mass is 79.9. The molecule has 0 aliphatic carbocycles. The molecule has 31 heavy (non-hydrogen) atoms. The van der Waals surface area contributed by atoms with Crippen LogP contribution in [-0.4, -0.2) is 4.57 Å². The summed E-state index contributed by atoms with van der Waals surface area (Å²) >= 11 is 13.0. The first-order valence-corrected chi connectivity index (χ1v) is 12.4. The van der Waals surface area contributed by atoms with Gasteiger partial charge in [0.2, 0.25) is 6.33 Å². The molecule has 0 saturated carbocycles. The van der Waals surface area contributed by atoms with Gasteiger partial charge >= 0.3 is 0 Å². The Morgan fingerprint density at radius 2 is 1.39 bits per heavy atom. The monoisotopic (exact) mass is 524 g/mol. The highest BCUT2D eigenvalue weighted by Gasteiger charge is 2.20. The molecule has 0 spiro atoms. The first-order valence-electron chi connectivity index (χ1n) is 11.6. The molecule has 0 fully saturated rings. The second-order valence-electron chi connectivity index (χ2n) is 8.38. The van der Waals surface area contributed by atoms with E-state index in [1.807, 2.05) is 4.57 Å². The smallest absolute Gasteiger partial charge is 0.255 e. The van der Waals surface area contributed by atoms with Gasteiger partial charge in [-0.2, -0.15) is 0 Å². The van der Waals surface area contributed by atoms with Crippen molar-refractivity contribution in [2.75, 3.05) is 0 Å². The van der Waals surface area contributed by atoms with Crippen molar-refractivity contribution in [1.29, 1.82) is 0 Å². The van der Waals surface area contributed by atoms with Crippen molar-refractivity contribution in [2.24, 2.45) is 0 Å². The normalized spacial score (nSPS) is 11.1. The van der Waals surface area contributed by atoms with E-state index in [9.17, 15) is 0 Å². The Morgan fingerprint density at radius 1 is 0.774 bits per heavy atom. The number of aryl methyl sites for hydroxylation is 1. The van der Waals surface area contributed by atoms with E-state index in [0.29, 0.717) is 10.3 Å². The van der Waals surface area contributed by atoms with Crippen molar-refractivity contribution in [1.82, 2.24) is 4.57 Å². The molecule has 0 amide bonds. The van der Waals surface area contributed by atoms with E-state index >= 15 is 0 Å². The topological polar surface area (TPSA) is 8.81 Å². The fourth-order valence-electron chi connectivity index (χ4n) is 4.08. The second-order valence-corrected chi connectivity index (χ2v) is 9.10. The third-order valence-corrected chi connectivity index (χ3v) is 6.76. The average molecular weight is 526 g/mol. The molecule has 0 aliphatic heterocycles. The lowest BCUT2D eigenvalue weighted by Crippen LogP contribution is -3.00. The van der Waals surface area contributed by atoms with Crippen molar-refractivity contribution in [2.45, 2.75) is 84.2 Å². The maximum atomic E-state index is 6.53. The van der Waals surface area contributed by atoms with E-state index in [1.54, 1.807) is 0 Å². The number of nitrogens with zero attached hydrogens (tertiary/aromatic N) is 2. The van der Waals surface area contributed by atoms with Crippen molar-refractivity contribution < 1.29 is 21.5 Å². The van der Waals surface area contributed by atoms with Gasteiger partial charge < -0.3 is 17.0 Å². The second kappa shape index (κ2) is 14.2. The molecule has 0 N–H and O–H groups in total. The Bertz CT molecular complexity index is 923. The van der Waals surface area contributed by atoms with Crippen LogP contribution >= 0.6 is 23.2 Å². The van der Waals surface area contributed by atoms with Gasteiger partial charge in [0, 0.05) is 0 Å². The van der Waals surface area contributed by atoms with E-state index in [2.05, 4.69) is 60.3 Å². The van der Waals surface area contributed by atoms with Crippen LogP contribution in [0.15, 0.2) is 48.8 Å². The van der Waals surface area contributed by atoms with Crippen LogP contribution in [0.3, 0.4) is 0 Å². The molecule has 170 valence electrons. The Kier molecular flexibility index (Phi) is 12.0.